The number of imidazole rings is 1. The molecule has 0 spiro atoms. The minimum absolute atomic E-state index is 0.0273. The van der Waals surface area contributed by atoms with Crippen LogP contribution in [-0.4, -0.2) is 36.6 Å². The Bertz CT molecular complexity index is 1790. The highest BCUT2D eigenvalue weighted by atomic mass is 16.5. The number of amides is 2. The topological polar surface area (TPSA) is 178 Å². The van der Waals surface area contributed by atoms with Crippen LogP contribution in [0.5, 0.6) is 23.4 Å². The Kier molecular flexibility index (Phi) is 6.93. The fraction of sp³-hybridized carbons (Fsp3) is 0.0714. The first-order valence-electron chi connectivity index (χ1n) is 11.9. The number of carbonyl (C=O) groups is 2. The summed E-state index contributed by atoms with van der Waals surface area (Å²) in [5, 5.41) is 21.4. The molecule has 0 unspecified atom stereocenters. The third kappa shape index (κ3) is 5.48. The zero-order chi connectivity index (χ0) is 28.2. The van der Waals surface area contributed by atoms with E-state index in [1.807, 2.05) is 47.9 Å². The summed E-state index contributed by atoms with van der Waals surface area (Å²) in [7, 11) is 0. The van der Waals surface area contributed by atoms with E-state index in [1.54, 1.807) is 24.3 Å². The van der Waals surface area contributed by atoms with Gasteiger partial charge in [0.1, 0.15) is 22.9 Å². The lowest BCUT2D eigenvalue weighted by atomic mass is 10.1. The van der Waals surface area contributed by atoms with E-state index in [9.17, 15) is 20.0 Å². The number of carbonyl (C=O) groups excluding carboxylic acids is 1. The summed E-state index contributed by atoms with van der Waals surface area (Å²) in [4.78, 5) is 36.7. The Balaban J connectivity index is 1.63. The number of nitrogens with one attached hydrogen (secondary N) is 1. The van der Waals surface area contributed by atoms with E-state index in [1.165, 1.54) is 18.2 Å². The lowest BCUT2D eigenvalue weighted by Gasteiger charge is -2.12. The molecule has 3 aromatic carbocycles. The summed E-state index contributed by atoms with van der Waals surface area (Å²) < 4.78 is 13.8. The van der Waals surface area contributed by atoms with Crippen LogP contribution in [0.25, 0.3) is 11.2 Å². The molecule has 198 valence electrons. The van der Waals surface area contributed by atoms with Crippen LogP contribution >= 0.6 is 0 Å². The third-order valence-corrected chi connectivity index (χ3v) is 5.77. The van der Waals surface area contributed by atoms with Gasteiger partial charge in [-0.2, -0.15) is 15.2 Å². The number of ether oxygens (including phenoxy) is 2. The van der Waals surface area contributed by atoms with Gasteiger partial charge in [0.15, 0.2) is 11.2 Å². The molecule has 2 amide bonds. The van der Waals surface area contributed by atoms with Gasteiger partial charge in [0.05, 0.1) is 18.2 Å². The van der Waals surface area contributed by atoms with E-state index in [0.717, 1.165) is 5.56 Å². The molecule has 0 aliphatic heterocycles. The second-order valence-corrected chi connectivity index (χ2v) is 8.56. The Morgan fingerprint density at radius 3 is 2.55 bits per heavy atom. The van der Waals surface area contributed by atoms with Gasteiger partial charge in [0.25, 0.3) is 5.88 Å². The Labute approximate surface area is 227 Å². The highest BCUT2D eigenvalue weighted by Gasteiger charge is 2.21. The molecule has 5 aromatic rings. The van der Waals surface area contributed by atoms with Gasteiger partial charge >= 0.3 is 18.0 Å². The normalized spacial score (nSPS) is 10.6. The van der Waals surface area contributed by atoms with Gasteiger partial charge in [-0.1, -0.05) is 36.4 Å². The van der Waals surface area contributed by atoms with Gasteiger partial charge in [-0.05, 0) is 42.8 Å². The standard InChI is InChI=1S/C28H21N7O5/c1-16-31-23-24(35(16)15-17-6-3-2-4-7-17)33-28(40-22-12-18(14-29)10-11-21(22)26(36)37)34-25(23)39-20-9-5-8-19(13-20)32-27(30)38/h2-13H,15H2,1H3,(H,36,37)(H3,30,32,38). The van der Waals surface area contributed by atoms with Gasteiger partial charge < -0.3 is 30.2 Å². The molecule has 0 saturated carbocycles. The molecular formula is C28H21N7O5. The van der Waals surface area contributed by atoms with E-state index in [4.69, 9.17) is 15.2 Å². The van der Waals surface area contributed by atoms with Crippen LogP contribution in [0.3, 0.4) is 0 Å². The van der Waals surface area contributed by atoms with Crippen molar-refractivity contribution in [2.24, 2.45) is 5.73 Å². The van der Waals surface area contributed by atoms with Crippen LogP contribution in [0, 0.1) is 18.3 Å². The van der Waals surface area contributed by atoms with Crippen molar-refractivity contribution in [2.45, 2.75) is 13.5 Å². The van der Waals surface area contributed by atoms with Crippen LogP contribution in [0.15, 0.2) is 72.8 Å². The summed E-state index contributed by atoms with van der Waals surface area (Å²) >= 11 is 0. The maximum absolute atomic E-state index is 11.8. The van der Waals surface area contributed by atoms with E-state index >= 15 is 0 Å². The molecule has 5 rings (SSSR count). The largest absolute Gasteiger partial charge is 0.478 e. The van der Waals surface area contributed by atoms with Crippen LogP contribution in [0.4, 0.5) is 10.5 Å². The number of carboxylic acid groups (broad SMARTS) is 1. The number of aromatic carboxylic acids is 1. The molecule has 0 aliphatic carbocycles. The molecule has 2 heterocycles. The molecule has 0 fully saturated rings. The molecule has 4 N–H and O–H groups in total. The molecule has 0 radical (unpaired) electrons. The van der Waals surface area contributed by atoms with Crippen LogP contribution in [0.2, 0.25) is 0 Å². The van der Waals surface area contributed by atoms with E-state index in [2.05, 4.69) is 20.3 Å². The number of primary amides is 1. The smallest absolute Gasteiger partial charge is 0.339 e. The highest BCUT2D eigenvalue weighted by molar-refractivity contribution is 5.91. The van der Waals surface area contributed by atoms with Gasteiger partial charge in [-0.3, -0.25) is 0 Å². The summed E-state index contributed by atoms with van der Waals surface area (Å²) in [6.07, 6.45) is 0. The number of fused-ring (bicyclic) bond motifs is 1. The van der Waals surface area contributed by atoms with E-state index < -0.39 is 12.0 Å². The van der Waals surface area contributed by atoms with Gasteiger partial charge in [-0.25, -0.2) is 14.6 Å². The number of aromatic nitrogens is 4. The molecule has 12 heteroatoms. The van der Waals surface area contributed by atoms with Crippen molar-refractivity contribution in [1.29, 1.82) is 5.26 Å². The zero-order valence-corrected chi connectivity index (χ0v) is 21.0. The van der Waals surface area contributed by atoms with Crippen molar-refractivity contribution in [3.63, 3.8) is 0 Å². The van der Waals surface area contributed by atoms with Crippen molar-refractivity contribution >= 4 is 28.9 Å². The van der Waals surface area contributed by atoms with Crippen molar-refractivity contribution in [3.05, 3.63) is 95.3 Å². The Morgan fingerprint density at radius 1 is 1.02 bits per heavy atom. The third-order valence-electron chi connectivity index (χ3n) is 5.77. The Morgan fingerprint density at radius 2 is 1.82 bits per heavy atom. The van der Waals surface area contributed by atoms with Crippen LogP contribution in [0.1, 0.15) is 27.3 Å². The average Bonchev–Trinajstić information content (AvgIpc) is 3.24. The average molecular weight is 536 g/mol. The predicted molar refractivity (Wildman–Crippen MR) is 144 cm³/mol. The number of carboxylic acids is 1. The van der Waals surface area contributed by atoms with E-state index in [0.29, 0.717) is 35.0 Å². The summed E-state index contributed by atoms with van der Waals surface area (Å²) in [5.74, 6) is -0.405. The SMILES string of the molecule is Cc1nc2c(Oc3cccc(NC(N)=O)c3)nc(Oc3cc(C#N)ccc3C(=O)O)nc2n1Cc1ccccc1. The molecule has 40 heavy (non-hydrogen) atoms. The van der Waals surface area contributed by atoms with Gasteiger partial charge in [0.2, 0.25) is 0 Å². The zero-order valence-electron chi connectivity index (χ0n) is 21.0. The lowest BCUT2D eigenvalue weighted by molar-refractivity contribution is 0.0694. The molecule has 0 bridgehead atoms. The van der Waals surface area contributed by atoms with Crippen LogP contribution in [-0.2, 0) is 6.54 Å². The number of nitriles is 1. The number of rotatable bonds is 8. The maximum Gasteiger partial charge on any atom is 0.339 e. The number of urea groups is 1. The maximum atomic E-state index is 11.8. The molecule has 12 nitrogen and oxygen atoms in total. The fourth-order valence-electron chi connectivity index (χ4n) is 3.98. The summed E-state index contributed by atoms with van der Waals surface area (Å²) in [6.45, 7) is 2.24. The highest BCUT2D eigenvalue weighted by Crippen LogP contribution is 2.33. The summed E-state index contributed by atoms with van der Waals surface area (Å²) in [6, 6.07) is 21.1. The van der Waals surface area contributed by atoms with Crippen LogP contribution < -0.4 is 20.5 Å². The van der Waals surface area contributed by atoms with Gasteiger partial charge in [-0.15, -0.1) is 0 Å². The first kappa shape index (κ1) is 25.7. The molecule has 0 saturated heterocycles. The number of anilines is 1. The van der Waals surface area contributed by atoms with Gasteiger partial charge in [0, 0.05) is 11.8 Å². The molecular weight excluding hydrogens is 514 g/mol. The van der Waals surface area contributed by atoms with E-state index in [-0.39, 0.29) is 28.8 Å². The van der Waals surface area contributed by atoms with Crippen molar-refractivity contribution in [2.75, 3.05) is 5.32 Å². The predicted octanol–water partition coefficient (Wildman–Crippen LogP) is 4.83. The fourth-order valence-corrected chi connectivity index (χ4v) is 3.98. The number of nitrogens with two attached hydrogens (primary N) is 1. The number of aryl methyl sites for hydroxylation is 1. The molecule has 2 aromatic heterocycles. The summed E-state index contributed by atoms with van der Waals surface area (Å²) in [5.41, 5.74) is 7.35. The lowest BCUT2D eigenvalue weighted by Crippen LogP contribution is -2.19. The van der Waals surface area contributed by atoms with Crippen molar-refractivity contribution in [1.82, 2.24) is 19.5 Å². The Hall–Kier alpha value is -5.96. The monoisotopic (exact) mass is 535 g/mol. The quantitative estimate of drug-likeness (QED) is 0.251. The second-order valence-electron chi connectivity index (χ2n) is 8.56. The van der Waals surface area contributed by atoms with Crippen molar-refractivity contribution in [3.8, 4) is 29.5 Å². The van der Waals surface area contributed by atoms with Crippen molar-refractivity contribution < 1.29 is 24.2 Å². The second kappa shape index (κ2) is 10.8. The molecule has 0 atom stereocenters. The molecule has 0 aliphatic rings. The number of benzene rings is 3. The number of hydrogen-bond acceptors (Lipinski definition) is 8. The first-order valence-corrected chi connectivity index (χ1v) is 11.9. The first-order chi connectivity index (χ1) is 19.3. The number of hydrogen-bond donors (Lipinski definition) is 3. The minimum Gasteiger partial charge on any atom is -0.478 e. The minimum atomic E-state index is -1.25. The number of nitrogens with zero attached hydrogens (tertiary/aromatic N) is 5.